The van der Waals surface area contributed by atoms with Crippen LogP contribution in [0.2, 0.25) is 5.02 Å². The molecule has 24 heavy (non-hydrogen) atoms. The van der Waals surface area contributed by atoms with Crippen LogP contribution in [0.15, 0.2) is 36.4 Å². The molecule has 1 N–H and O–H groups in total. The zero-order valence-corrected chi connectivity index (χ0v) is 12.3. The summed E-state index contributed by atoms with van der Waals surface area (Å²) in [7, 11) is 0. The van der Waals surface area contributed by atoms with Crippen LogP contribution in [0.1, 0.15) is 15.9 Å². The van der Waals surface area contributed by atoms with Crippen molar-refractivity contribution < 1.29 is 32.7 Å². The number of nitro benzene ring substituents is 1. The Bertz CT molecular complexity index is 823. The highest BCUT2D eigenvalue weighted by Crippen LogP contribution is 2.42. The predicted molar refractivity (Wildman–Crippen MR) is 76.6 cm³/mol. The first-order valence-corrected chi connectivity index (χ1v) is 6.53. The van der Waals surface area contributed by atoms with E-state index in [1.165, 1.54) is 18.2 Å². The van der Waals surface area contributed by atoms with Crippen LogP contribution in [-0.2, 0) is 6.18 Å². The summed E-state index contributed by atoms with van der Waals surface area (Å²) in [5, 5.41) is 19.1. The molecular weight excluding hydrogens is 355 g/mol. The molecule has 0 aliphatic rings. The Morgan fingerprint density at radius 2 is 1.92 bits per heavy atom. The number of halogens is 4. The van der Waals surface area contributed by atoms with E-state index < -0.39 is 39.1 Å². The third-order valence-electron chi connectivity index (χ3n) is 2.86. The number of carboxylic acid groups (broad SMARTS) is 1. The minimum absolute atomic E-state index is 0.103. The van der Waals surface area contributed by atoms with E-state index in [4.69, 9.17) is 21.4 Å². The lowest BCUT2D eigenvalue weighted by Crippen LogP contribution is -2.07. The highest BCUT2D eigenvalue weighted by atomic mass is 35.5. The van der Waals surface area contributed by atoms with Gasteiger partial charge in [0.05, 0.1) is 21.1 Å². The molecule has 6 nitrogen and oxygen atoms in total. The third-order valence-corrected chi connectivity index (χ3v) is 3.17. The van der Waals surface area contributed by atoms with Crippen LogP contribution in [0.5, 0.6) is 11.5 Å². The van der Waals surface area contributed by atoms with Gasteiger partial charge in [0.15, 0.2) is 0 Å². The van der Waals surface area contributed by atoms with Crippen LogP contribution in [0, 0.1) is 10.1 Å². The maximum absolute atomic E-state index is 12.8. The van der Waals surface area contributed by atoms with Crippen LogP contribution in [0.3, 0.4) is 0 Å². The van der Waals surface area contributed by atoms with Gasteiger partial charge in [-0.05, 0) is 18.2 Å². The minimum Gasteiger partial charge on any atom is -0.478 e. The number of hydrogen-bond acceptors (Lipinski definition) is 4. The quantitative estimate of drug-likeness (QED) is 0.626. The fraction of sp³-hybridized carbons (Fsp3) is 0.0714. The number of carboxylic acids is 1. The molecule has 126 valence electrons. The number of ether oxygens (including phenoxy) is 1. The van der Waals surface area contributed by atoms with Crippen LogP contribution in [0.4, 0.5) is 18.9 Å². The van der Waals surface area contributed by atoms with Crippen molar-refractivity contribution in [2.75, 3.05) is 0 Å². The maximum atomic E-state index is 12.8. The van der Waals surface area contributed by atoms with E-state index in [2.05, 4.69) is 0 Å². The Labute approximate surface area is 137 Å². The van der Waals surface area contributed by atoms with Gasteiger partial charge in [0.1, 0.15) is 5.75 Å². The molecule has 0 saturated heterocycles. The highest BCUT2D eigenvalue weighted by molar-refractivity contribution is 6.31. The van der Waals surface area contributed by atoms with Crippen molar-refractivity contribution in [3.63, 3.8) is 0 Å². The molecule has 0 spiro atoms. The average Bonchev–Trinajstić information content (AvgIpc) is 2.45. The Morgan fingerprint density at radius 3 is 2.46 bits per heavy atom. The lowest BCUT2D eigenvalue weighted by molar-refractivity contribution is -0.385. The molecule has 0 aromatic heterocycles. The van der Waals surface area contributed by atoms with E-state index >= 15 is 0 Å². The molecule has 0 atom stereocenters. The number of nitro groups is 1. The van der Waals surface area contributed by atoms with Gasteiger partial charge in [-0.1, -0.05) is 17.7 Å². The van der Waals surface area contributed by atoms with Crippen LogP contribution < -0.4 is 4.74 Å². The van der Waals surface area contributed by atoms with Gasteiger partial charge in [0.2, 0.25) is 5.75 Å². The zero-order chi connectivity index (χ0) is 18.1. The predicted octanol–water partition coefficient (Wildman–Crippen LogP) is 4.76. The first-order chi connectivity index (χ1) is 11.1. The van der Waals surface area contributed by atoms with Crippen molar-refractivity contribution >= 4 is 23.3 Å². The summed E-state index contributed by atoms with van der Waals surface area (Å²) in [6, 6.07) is 5.85. The Balaban J connectivity index is 2.50. The van der Waals surface area contributed by atoms with E-state index in [1.54, 1.807) is 0 Å². The molecule has 0 amide bonds. The summed E-state index contributed by atoms with van der Waals surface area (Å²) in [4.78, 5) is 20.8. The molecule has 2 aromatic carbocycles. The Hall–Kier alpha value is -2.81. The lowest BCUT2D eigenvalue weighted by atomic mass is 10.1. The normalized spacial score (nSPS) is 11.2. The van der Waals surface area contributed by atoms with Crippen molar-refractivity contribution in [3.05, 3.63) is 62.7 Å². The molecule has 2 rings (SSSR count). The number of carbonyl (C=O) groups is 1. The standard InChI is InChI=1S/C14H7ClF3NO5/c15-10-6-12(11(19(22)23)5-9(10)14(16,17)18)24-8-3-1-2-7(4-8)13(20)21/h1-6H,(H,20,21). The fourth-order valence-electron chi connectivity index (χ4n) is 1.80. The van der Waals surface area contributed by atoms with Gasteiger partial charge in [-0.3, -0.25) is 10.1 Å². The van der Waals surface area contributed by atoms with Gasteiger partial charge in [-0.2, -0.15) is 13.2 Å². The summed E-state index contributed by atoms with van der Waals surface area (Å²) < 4.78 is 43.5. The number of rotatable bonds is 4. The monoisotopic (exact) mass is 361 g/mol. The first-order valence-electron chi connectivity index (χ1n) is 6.16. The second kappa shape index (κ2) is 6.36. The summed E-state index contributed by atoms with van der Waals surface area (Å²) in [5.41, 5.74) is -2.48. The number of aromatic carboxylic acids is 1. The van der Waals surface area contributed by atoms with Crippen molar-refractivity contribution in [3.8, 4) is 11.5 Å². The maximum Gasteiger partial charge on any atom is 0.418 e. The van der Waals surface area contributed by atoms with Gasteiger partial charge < -0.3 is 9.84 Å². The molecule has 2 aromatic rings. The number of hydrogen-bond donors (Lipinski definition) is 1. The largest absolute Gasteiger partial charge is 0.478 e. The zero-order valence-electron chi connectivity index (χ0n) is 11.5. The van der Waals surface area contributed by atoms with Gasteiger partial charge in [0.25, 0.3) is 0 Å². The second-order valence-electron chi connectivity index (χ2n) is 4.49. The van der Waals surface area contributed by atoms with E-state index in [9.17, 15) is 28.1 Å². The van der Waals surface area contributed by atoms with E-state index in [-0.39, 0.29) is 17.4 Å². The molecule has 0 saturated carbocycles. The van der Waals surface area contributed by atoms with E-state index in [1.807, 2.05) is 0 Å². The summed E-state index contributed by atoms with van der Waals surface area (Å²) >= 11 is 5.52. The average molecular weight is 362 g/mol. The molecule has 0 bridgehead atoms. The Kier molecular flexibility index (Phi) is 4.65. The Morgan fingerprint density at radius 1 is 1.25 bits per heavy atom. The van der Waals surface area contributed by atoms with Crippen molar-refractivity contribution in [1.82, 2.24) is 0 Å². The van der Waals surface area contributed by atoms with E-state index in [0.29, 0.717) is 6.07 Å². The van der Waals surface area contributed by atoms with Gasteiger partial charge in [-0.15, -0.1) is 0 Å². The van der Waals surface area contributed by atoms with Crippen LogP contribution in [-0.4, -0.2) is 16.0 Å². The molecule has 0 heterocycles. The molecule has 0 unspecified atom stereocenters. The summed E-state index contributed by atoms with van der Waals surface area (Å²) in [5.74, 6) is -1.91. The number of alkyl halides is 3. The number of benzene rings is 2. The minimum atomic E-state index is -4.87. The van der Waals surface area contributed by atoms with Crippen LogP contribution >= 0.6 is 11.6 Å². The summed E-state index contributed by atoms with van der Waals surface area (Å²) in [6.45, 7) is 0. The molecule has 0 aliphatic carbocycles. The first kappa shape index (κ1) is 17.5. The van der Waals surface area contributed by atoms with Crippen molar-refractivity contribution in [1.29, 1.82) is 0 Å². The molecular formula is C14H7ClF3NO5. The third kappa shape index (κ3) is 3.74. The van der Waals surface area contributed by atoms with E-state index in [0.717, 1.165) is 6.07 Å². The molecule has 10 heteroatoms. The van der Waals surface area contributed by atoms with Crippen LogP contribution in [0.25, 0.3) is 0 Å². The molecule has 0 radical (unpaired) electrons. The van der Waals surface area contributed by atoms with Gasteiger partial charge in [0, 0.05) is 12.1 Å². The van der Waals surface area contributed by atoms with Crippen molar-refractivity contribution in [2.45, 2.75) is 6.18 Å². The number of nitrogens with zero attached hydrogens (tertiary/aromatic N) is 1. The lowest BCUT2D eigenvalue weighted by Gasteiger charge is -2.12. The second-order valence-corrected chi connectivity index (χ2v) is 4.90. The molecule has 0 aliphatic heterocycles. The fourth-order valence-corrected chi connectivity index (χ4v) is 2.07. The van der Waals surface area contributed by atoms with Gasteiger partial charge in [-0.25, -0.2) is 4.79 Å². The van der Waals surface area contributed by atoms with Crippen molar-refractivity contribution in [2.24, 2.45) is 0 Å². The van der Waals surface area contributed by atoms with Gasteiger partial charge >= 0.3 is 17.8 Å². The topological polar surface area (TPSA) is 89.7 Å². The highest BCUT2D eigenvalue weighted by Gasteiger charge is 2.36. The smallest absolute Gasteiger partial charge is 0.418 e. The SMILES string of the molecule is O=C(O)c1cccc(Oc2cc(Cl)c(C(F)(F)F)cc2[N+](=O)[O-])c1. The summed E-state index contributed by atoms with van der Waals surface area (Å²) in [6.07, 6.45) is -4.87. The molecule has 0 fully saturated rings.